The molecular weight excluding hydrogens is 350 g/mol. The number of rotatable bonds is 6. The van der Waals surface area contributed by atoms with Crippen LogP contribution in [0.3, 0.4) is 0 Å². The number of ether oxygens (including phenoxy) is 1. The highest BCUT2D eigenvalue weighted by Gasteiger charge is 2.31. The lowest BCUT2D eigenvalue weighted by Gasteiger charge is -2.20. The van der Waals surface area contributed by atoms with Gasteiger partial charge in [0, 0.05) is 12.3 Å². The second kappa shape index (κ2) is 7.97. The molecule has 0 amide bonds. The molecule has 3 aromatic rings. The molecule has 142 valence electrons. The first-order valence-electron chi connectivity index (χ1n) is 9.47. The number of hydrogen-bond acceptors (Lipinski definition) is 4. The molecular formula is C24H23NO3. The first-order chi connectivity index (χ1) is 13.6. The number of fused-ring (bicyclic) bond motifs is 3. The van der Waals surface area contributed by atoms with Gasteiger partial charge in [0.15, 0.2) is 0 Å². The summed E-state index contributed by atoms with van der Waals surface area (Å²) in [5, 5.41) is 10.3. The average molecular weight is 373 g/mol. The van der Waals surface area contributed by atoms with Crippen LogP contribution < -0.4 is 5.73 Å². The number of aliphatic hydroxyl groups is 1. The zero-order valence-corrected chi connectivity index (χ0v) is 15.5. The van der Waals surface area contributed by atoms with E-state index in [1.54, 1.807) is 0 Å². The third-order valence-electron chi connectivity index (χ3n) is 5.33. The Morgan fingerprint density at radius 3 is 2.04 bits per heavy atom. The number of nitrogens with two attached hydrogens (primary N) is 1. The molecule has 2 unspecified atom stereocenters. The Kier molecular flexibility index (Phi) is 5.24. The molecule has 0 bridgehead atoms. The van der Waals surface area contributed by atoms with Crippen molar-refractivity contribution in [3.05, 3.63) is 95.6 Å². The number of carbonyl (C=O) groups is 1. The second-order valence-corrected chi connectivity index (χ2v) is 7.14. The summed E-state index contributed by atoms with van der Waals surface area (Å²) < 4.78 is 5.54. The van der Waals surface area contributed by atoms with Crippen LogP contribution in [0.1, 0.15) is 22.6 Å². The van der Waals surface area contributed by atoms with E-state index in [4.69, 9.17) is 10.5 Å². The van der Waals surface area contributed by atoms with Crippen molar-refractivity contribution < 1.29 is 14.6 Å². The lowest BCUT2D eigenvalue weighted by molar-refractivity contribution is -0.148. The van der Waals surface area contributed by atoms with Gasteiger partial charge in [0.05, 0.1) is 6.10 Å². The predicted molar refractivity (Wildman–Crippen MR) is 109 cm³/mol. The van der Waals surface area contributed by atoms with Crippen LogP contribution >= 0.6 is 0 Å². The molecule has 0 radical (unpaired) electrons. The van der Waals surface area contributed by atoms with Crippen molar-refractivity contribution in [2.75, 3.05) is 6.61 Å². The number of aliphatic hydroxyl groups excluding tert-OH is 1. The molecule has 0 spiro atoms. The van der Waals surface area contributed by atoms with Gasteiger partial charge in [-0.3, -0.25) is 4.79 Å². The molecule has 1 aliphatic rings. The first-order valence-corrected chi connectivity index (χ1v) is 9.47. The van der Waals surface area contributed by atoms with Gasteiger partial charge in [0.1, 0.15) is 12.6 Å². The zero-order valence-electron chi connectivity index (χ0n) is 15.5. The Morgan fingerprint density at radius 2 is 1.43 bits per heavy atom. The molecule has 0 aromatic heterocycles. The minimum Gasteiger partial charge on any atom is -0.463 e. The molecule has 3 aromatic carbocycles. The highest BCUT2D eigenvalue weighted by Crippen LogP contribution is 2.44. The molecule has 0 aliphatic heterocycles. The van der Waals surface area contributed by atoms with E-state index >= 15 is 0 Å². The average Bonchev–Trinajstić information content (AvgIpc) is 3.06. The van der Waals surface area contributed by atoms with Gasteiger partial charge in [0.2, 0.25) is 0 Å². The number of esters is 1. The Hall–Kier alpha value is -2.95. The van der Waals surface area contributed by atoms with Gasteiger partial charge < -0.3 is 15.6 Å². The lowest BCUT2D eigenvalue weighted by atomic mass is 9.98. The van der Waals surface area contributed by atoms with Crippen molar-refractivity contribution in [1.29, 1.82) is 0 Å². The van der Waals surface area contributed by atoms with Gasteiger partial charge in [-0.1, -0.05) is 78.9 Å². The number of benzene rings is 3. The van der Waals surface area contributed by atoms with Crippen molar-refractivity contribution in [1.82, 2.24) is 0 Å². The standard InChI is InChI=1S/C24H23NO3/c25-23(22(26)14-16-8-2-1-3-9-16)24(27)28-15-21-19-12-6-4-10-17(19)18-11-5-7-13-20(18)21/h1-13,21-23,26H,14-15,25H2. The summed E-state index contributed by atoms with van der Waals surface area (Å²) in [5.41, 5.74) is 11.5. The van der Waals surface area contributed by atoms with E-state index in [0.717, 1.165) is 16.7 Å². The largest absolute Gasteiger partial charge is 0.463 e. The topological polar surface area (TPSA) is 72.6 Å². The lowest BCUT2D eigenvalue weighted by Crippen LogP contribution is -2.44. The third-order valence-corrected chi connectivity index (χ3v) is 5.33. The van der Waals surface area contributed by atoms with Crippen LogP contribution in [0.5, 0.6) is 0 Å². The van der Waals surface area contributed by atoms with E-state index in [2.05, 4.69) is 24.3 Å². The molecule has 0 fully saturated rings. The Balaban J connectivity index is 1.43. The van der Waals surface area contributed by atoms with Crippen molar-refractivity contribution in [2.45, 2.75) is 24.5 Å². The molecule has 4 nitrogen and oxygen atoms in total. The van der Waals surface area contributed by atoms with Gasteiger partial charge in [-0.15, -0.1) is 0 Å². The van der Waals surface area contributed by atoms with Gasteiger partial charge >= 0.3 is 5.97 Å². The highest BCUT2D eigenvalue weighted by molar-refractivity contribution is 5.80. The van der Waals surface area contributed by atoms with Crippen molar-refractivity contribution in [3.8, 4) is 11.1 Å². The fourth-order valence-corrected chi connectivity index (χ4v) is 3.84. The third kappa shape index (κ3) is 3.57. The van der Waals surface area contributed by atoms with Crippen LogP contribution in [0.15, 0.2) is 78.9 Å². The predicted octanol–water partition coefficient (Wildman–Crippen LogP) is 3.27. The van der Waals surface area contributed by atoms with E-state index in [9.17, 15) is 9.90 Å². The summed E-state index contributed by atoms with van der Waals surface area (Å²) in [6.45, 7) is 0.207. The van der Waals surface area contributed by atoms with Crippen LogP contribution in [0, 0.1) is 0 Å². The first kappa shape index (κ1) is 18.4. The number of carbonyl (C=O) groups excluding carboxylic acids is 1. The van der Waals surface area contributed by atoms with Crippen LogP contribution in [-0.4, -0.2) is 29.8 Å². The summed E-state index contributed by atoms with van der Waals surface area (Å²) in [6, 6.07) is 24.7. The summed E-state index contributed by atoms with van der Waals surface area (Å²) in [7, 11) is 0. The minimum absolute atomic E-state index is 0.0187. The van der Waals surface area contributed by atoms with E-state index in [1.165, 1.54) is 11.1 Å². The second-order valence-electron chi connectivity index (χ2n) is 7.14. The smallest absolute Gasteiger partial charge is 0.325 e. The quantitative estimate of drug-likeness (QED) is 0.651. The maximum absolute atomic E-state index is 12.4. The van der Waals surface area contributed by atoms with Crippen LogP contribution in [0.25, 0.3) is 11.1 Å². The summed E-state index contributed by atoms with van der Waals surface area (Å²) >= 11 is 0. The molecule has 0 heterocycles. The van der Waals surface area contributed by atoms with E-state index in [0.29, 0.717) is 6.42 Å². The SMILES string of the molecule is NC(C(=O)OCC1c2ccccc2-c2ccccc21)C(O)Cc1ccccc1. The monoisotopic (exact) mass is 373 g/mol. The van der Waals surface area contributed by atoms with Crippen LogP contribution in [-0.2, 0) is 16.0 Å². The Bertz CT molecular complexity index is 925. The molecule has 4 heteroatoms. The molecule has 1 aliphatic carbocycles. The molecule has 28 heavy (non-hydrogen) atoms. The molecule has 3 N–H and O–H groups in total. The van der Waals surface area contributed by atoms with Crippen molar-refractivity contribution in [3.63, 3.8) is 0 Å². The molecule has 4 rings (SSSR count). The van der Waals surface area contributed by atoms with Gasteiger partial charge in [-0.25, -0.2) is 0 Å². The zero-order chi connectivity index (χ0) is 19.5. The molecule has 2 atom stereocenters. The summed E-state index contributed by atoms with van der Waals surface area (Å²) in [4.78, 5) is 12.4. The minimum atomic E-state index is -1.08. The number of hydrogen-bond donors (Lipinski definition) is 2. The van der Waals surface area contributed by atoms with Crippen molar-refractivity contribution >= 4 is 5.97 Å². The fourth-order valence-electron chi connectivity index (χ4n) is 3.84. The Labute approximate surface area is 164 Å². The fraction of sp³-hybridized carbons (Fsp3) is 0.208. The highest BCUT2D eigenvalue weighted by atomic mass is 16.5. The van der Waals surface area contributed by atoms with Crippen LogP contribution in [0.2, 0.25) is 0 Å². The maximum Gasteiger partial charge on any atom is 0.325 e. The van der Waals surface area contributed by atoms with Gasteiger partial charge in [0.25, 0.3) is 0 Å². The molecule has 0 saturated heterocycles. The normalized spacial score (nSPS) is 14.8. The van der Waals surface area contributed by atoms with Crippen LogP contribution in [0.4, 0.5) is 0 Å². The Morgan fingerprint density at radius 1 is 0.893 bits per heavy atom. The van der Waals surface area contributed by atoms with E-state index in [1.807, 2.05) is 54.6 Å². The van der Waals surface area contributed by atoms with Gasteiger partial charge in [-0.2, -0.15) is 0 Å². The summed E-state index contributed by atoms with van der Waals surface area (Å²) in [6.07, 6.45) is -0.676. The molecule has 0 saturated carbocycles. The van der Waals surface area contributed by atoms with Crippen molar-refractivity contribution in [2.24, 2.45) is 5.73 Å². The summed E-state index contributed by atoms with van der Waals surface area (Å²) in [5.74, 6) is -0.597. The van der Waals surface area contributed by atoms with E-state index < -0.39 is 18.1 Å². The maximum atomic E-state index is 12.4. The van der Waals surface area contributed by atoms with Gasteiger partial charge in [-0.05, 0) is 27.8 Å². The van der Waals surface area contributed by atoms with E-state index in [-0.39, 0.29) is 12.5 Å².